The van der Waals surface area contributed by atoms with Crippen LogP contribution in [-0.4, -0.2) is 37.8 Å². The minimum absolute atomic E-state index is 0. The Morgan fingerprint density at radius 2 is 1.52 bits per heavy atom. The van der Waals surface area contributed by atoms with E-state index >= 15 is 0 Å². The molecule has 1 heterocycles. The van der Waals surface area contributed by atoms with Gasteiger partial charge in [0.15, 0.2) is 6.10 Å². The van der Waals surface area contributed by atoms with Crippen LogP contribution in [0.3, 0.4) is 0 Å². The predicted octanol–water partition coefficient (Wildman–Crippen LogP) is 1.09. The van der Waals surface area contributed by atoms with E-state index in [1.54, 1.807) is 0 Å². The molecule has 1 fully saturated rings. The molecule has 2 nitrogen and oxygen atoms in total. The van der Waals surface area contributed by atoms with Gasteiger partial charge in [0.25, 0.3) is 0 Å². The molecule has 0 amide bonds. The molecule has 122 valence electrons. The zero-order chi connectivity index (χ0) is 15.4. The van der Waals surface area contributed by atoms with Crippen molar-refractivity contribution in [3.05, 3.63) is 65.7 Å². The molecule has 0 bridgehead atoms. The van der Waals surface area contributed by atoms with E-state index in [2.05, 4.69) is 74.8 Å². The number of likely N-dealkylation sites (tertiary alicyclic amines) is 1. The van der Waals surface area contributed by atoms with Gasteiger partial charge in [-0.15, -0.1) is 0 Å². The van der Waals surface area contributed by atoms with Crippen LogP contribution in [0.4, 0.5) is 0 Å². The van der Waals surface area contributed by atoms with Crippen LogP contribution in [-0.2, 0) is 0 Å². The quantitative estimate of drug-likeness (QED) is 0.408. The Morgan fingerprint density at radius 3 is 2.09 bits per heavy atom. The fraction of sp³-hybridized carbons (Fsp3) is 0.300. The topological polar surface area (TPSA) is 9.23 Å². The lowest BCUT2D eigenvalue weighted by Crippen LogP contribution is -3.00. The second-order valence-corrected chi connectivity index (χ2v) is 6.68. The number of ether oxygens (including phenoxy) is 1. The van der Waals surface area contributed by atoms with Gasteiger partial charge < -0.3 is 33.2 Å². The van der Waals surface area contributed by atoms with Crippen molar-refractivity contribution in [1.29, 1.82) is 0 Å². The molecule has 23 heavy (non-hydrogen) atoms. The van der Waals surface area contributed by atoms with E-state index in [-0.39, 0.29) is 24.0 Å². The Morgan fingerprint density at radius 1 is 0.913 bits per heavy atom. The molecule has 0 saturated carbocycles. The van der Waals surface area contributed by atoms with E-state index in [1.165, 1.54) is 17.7 Å². The Bertz CT molecular complexity index is 634. The van der Waals surface area contributed by atoms with Gasteiger partial charge in [-0.2, -0.15) is 0 Å². The highest BCUT2D eigenvalue weighted by Gasteiger charge is 2.32. The van der Waals surface area contributed by atoms with Gasteiger partial charge in [-0.05, 0) is 23.3 Å². The van der Waals surface area contributed by atoms with E-state index in [0.29, 0.717) is 6.10 Å². The maximum absolute atomic E-state index is 6.09. The summed E-state index contributed by atoms with van der Waals surface area (Å²) in [6.45, 7) is 2.29. The van der Waals surface area contributed by atoms with E-state index in [9.17, 15) is 0 Å². The lowest BCUT2D eigenvalue weighted by Gasteiger charge is -2.23. The summed E-state index contributed by atoms with van der Waals surface area (Å²) in [7, 11) is 4.53. The van der Waals surface area contributed by atoms with Crippen molar-refractivity contribution in [1.82, 2.24) is 0 Å². The molecule has 0 spiro atoms. The molecule has 1 aliphatic rings. The summed E-state index contributed by atoms with van der Waals surface area (Å²) in [5.41, 5.74) is 2.41. The van der Waals surface area contributed by atoms with E-state index in [4.69, 9.17) is 4.74 Å². The summed E-state index contributed by atoms with van der Waals surface area (Å²) < 4.78 is 7.15. The van der Waals surface area contributed by atoms with E-state index < -0.39 is 0 Å². The van der Waals surface area contributed by atoms with Crippen LogP contribution in [0.25, 0.3) is 12.2 Å². The molecule has 1 saturated heterocycles. The summed E-state index contributed by atoms with van der Waals surface area (Å²) in [5, 5.41) is 0. The average molecular weight is 421 g/mol. The second-order valence-electron chi connectivity index (χ2n) is 6.68. The molecule has 2 aromatic rings. The molecule has 1 unspecified atom stereocenters. The fourth-order valence-electron chi connectivity index (χ4n) is 2.93. The molecule has 0 N–H and O–H groups in total. The van der Waals surface area contributed by atoms with Gasteiger partial charge in [0.2, 0.25) is 0 Å². The van der Waals surface area contributed by atoms with Crippen LogP contribution in [0.15, 0.2) is 54.6 Å². The third-order valence-electron chi connectivity index (χ3n) is 4.20. The van der Waals surface area contributed by atoms with Crippen molar-refractivity contribution < 1.29 is 33.2 Å². The number of benzene rings is 2. The minimum Gasteiger partial charge on any atom is -1.00 e. The number of nitrogens with zero attached hydrogens (tertiary/aromatic N) is 1. The number of halogens is 1. The van der Waals surface area contributed by atoms with Crippen LogP contribution in [0.5, 0.6) is 5.75 Å². The first-order chi connectivity index (χ1) is 10.6. The first-order valence-electron chi connectivity index (χ1n) is 7.93. The molecule has 0 radical (unpaired) electrons. The lowest BCUT2D eigenvalue weighted by atomic mass is 10.1. The average Bonchev–Trinajstić information content (AvgIpc) is 2.86. The molecule has 2 aromatic carbocycles. The van der Waals surface area contributed by atoms with Gasteiger partial charge in [0.1, 0.15) is 12.3 Å². The molecule has 1 aliphatic heterocycles. The number of hydrogen-bond donors (Lipinski definition) is 0. The Kier molecular flexibility index (Phi) is 6.25. The highest BCUT2D eigenvalue weighted by molar-refractivity contribution is 5.69. The smallest absolute Gasteiger partial charge is 0.153 e. The monoisotopic (exact) mass is 421 g/mol. The summed E-state index contributed by atoms with van der Waals surface area (Å²) in [5.74, 6) is 0.976. The number of hydrogen-bond acceptors (Lipinski definition) is 1. The molecule has 0 aromatic heterocycles. The Hall–Kier alpha value is -1.33. The van der Waals surface area contributed by atoms with Crippen molar-refractivity contribution >= 4 is 12.2 Å². The van der Waals surface area contributed by atoms with Crippen molar-refractivity contribution in [2.24, 2.45) is 0 Å². The number of rotatable bonds is 4. The van der Waals surface area contributed by atoms with Crippen molar-refractivity contribution in [2.45, 2.75) is 12.5 Å². The molecule has 0 aliphatic carbocycles. The number of quaternary nitrogens is 1. The summed E-state index contributed by atoms with van der Waals surface area (Å²) >= 11 is 0. The third kappa shape index (κ3) is 5.36. The summed E-state index contributed by atoms with van der Waals surface area (Å²) in [6, 6.07) is 18.7. The molecule has 3 rings (SSSR count). The van der Waals surface area contributed by atoms with Crippen LogP contribution < -0.4 is 28.7 Å². The van der Waals surface area contributed by atoms with Gasteiger partial charge in [0, 0.05) is 6.42 Å². The maximum Gasteiger partial charge on any atom is 0.153 e. The fourth-order valence-corrected chi connectivity index (χ4v) is 2.93. The summed E-state index contributed by atoms with van der Waals surface area (Å²) in [4.78, 5) is 0. The van der Waals surface area contributed by atoms with Crippen molar-refractivity contribution in [3.8, 4) is 5.75 Å². The van der Waals surface area contributed by atoms with Crippen LogP contribution in [0, 0.1) is 0 Å². The highest BCUT2D eigenvalue weighted by Crippen LogP contribution is 2.21. The number of likely N-dealkylation sites (N-methyl/N-ethyl adjacent to an activating group) is 1. The maximum atomic E-state index is 6.09. The van der Waals surface area contributed by atoms with Crippen LogP contribution in [0.1, 0.15) is 17.5 Å². The van der Waals surface area contributed by atoms with E-state index in [0.717, 1.165) is 23.2 Å². The predicted molar refractivity (Wildman–Crippen MR) is 92.7 cm³/mol. The molecule has 3 heteroatoms. The zero-order valence-corrected chi connectivity index (χ0v) is 15.9. The first kappa shape index (κ1) is 18.0. The van der Waals surface area contributed by atoms with Gasteiger partial charge in [-0.3, -0.25) is 0 Å². The normalized spacial score (nSPS) is 19.5. The van der Waals surface area contributed by atoms with Crippen LogP contribution >= 0.6 is 0 Å². The zero-order valence-electron chi connectivity index (χ0n) is 13.8. The van der Waals surface area contributed by atoms with Crippen LogP contribution in [0.2, 0.25) is 0 Å². The largest absolute Gasteiger partial charge is 1.00 e. The molecular formula is C20H24INO. The van der Waals surface area contributed by atoms with Crippen molar-refractivity contribution in [3.63, 3.8) is 0 Å². The lowest BCUT2D eigenvalue weighted by molar-refractivity contribution is -0.879. The van der Waals surface area contributed by atoms with Gasteiger partial charge >= 0.3 is 0 Å². The van der Waals surface area contributed by atoms with Gasteiger partial charge in [-0.25, -0.2) is 0 Å². The summed E-state index contributed by atoms with van der Waals surface area (Å²) in [6.07, 6.45) is 5.75. The SMILES string of the molecule is C[N+]1(C)CCC(Oc2ccc(/C=C/c3ccccc3)cc2)C1.[I-]. The molecule has 1 atom stereocenters. The van der Waals surface area contributed by atoms with Crippen molar-refractivity contribution in [2.75, 3.05) is 27.2 Å². The minimum atomic E-state index is 0. The van der Waals surface area contributed by atoms with Gasteiger partial charge in [0.05, 0.1) is 20.6 Å². The first-order valence-corrected chi connectivity index (χ1v) is 7.93. The Labute approximate surface area is 156 Å². The second kappa shape index (κ2) is 7.97. The highest BCUT2D eigenvalue weighted by atomic mass is 127. The molecular weight excluding hydrogens is 397 g/mol. The Balaban J connectivity index is 0.00000192. The van der Waals surface area contributed by atoms with E-state index in [1.807, 2.05) is 6.07 Å². The standard InChI is InChI=1S/C20H24NO.HI/c1-21(2)15-14-20(16-21)22-19-12-10-18(11-13-19)9-8-17-6-4-3-5-7-17;/h3-13,20H,14-16H2,1-2H3;1H/q+1;/p-1/b9-8+;. The van der Waals surface area contributed by atoms with Gasteiger partial charge in [-0.1, -0.05) is 54.6 Å². The third-order valence-corrected chi connectivity index (χ3v) is 4.20.